The zero-order valence-electron chi connectivity index (χ0n) is 11.3. The Hall–Kier alpha value is -2.42. The lowest BCUT2D eigenvalue weighted by atomic mass is 10.1. The maximum atomic E-state index is 12.2. The third kappa shape index (κ3) is 1.53. The number of pyridine rings is 2. The molecular weight excluding hydrogens is 248 g/mol. The third-order valence-corrected chi connectivity index (χ3v) is 3.97. The maximum absolute atomic E-state index is 12.2. The molecule has 0 saturated heterocycles. The van der Waals surface area contributed by atoms with Crippen LogP contribution in [0.25, 0.3) is 22.3 Å². The Morgan fingerprint density at radius 3 is 2.90 bits per heavy atom. The largest absolute Gasteiger partial charge is 0.302 e. The van der Waals surface area contributed by atoms with Gasteiger partial charge in [0.15, 0.2) is 0 Å². The normalized spacial score (nSPS) is 12.4. The molecule has 0 spiro atoms. The number of para-hydroxylation sites is 1. The number of fused-ring (bicyclic) bond motifs is 4. The molecule has 1 aromatic carbocycles. The van der Waals surface area contributed by atoms with Crippen LogP contribution in [0.4, 0.5) is 0 Å². The number of hydrogen-bond donors (Lipinski definition) is 0. The smallest absolute Gasteiger partial charge is 0.251 e. The van der Waals surface area contributed by atoms with Gasteiger partial charge in [0.2, 0.25) is 0 Å². The lowest BCUT2D eigenvalue weighted by Gasteiger charge is -2.05. The quantitative estimate of drug-likeness (QED) is 0.528. The molecule has 0 fully saturated rings. The van der Waals surface area contributed by atoms with Crippen LogP contribution in [0.3, 0.4) is 0 Å². The van der Waals surface area contributed by atoms with Crippen LogP contribution in [0.5, 0.6) is 0 Å². The maximum Gasteiger partial charge on any atom is 0.251 e. The van der Waals surface area contributed by atoms with E-state index in [0.717, 1.165) is 39.8 Å². The summed E-state index contributed by atoms with van der Waals surface area (Å²) >= 11 is 0. The summed E-state index contributed by atoms with van der Waals surface area (Å²) in [5.41, 5.74) is 5.17. The average molecular weight is 262 g/mol. The highest BCUT2D eigenvalue weighted by molar-refractivity contribution is 5.83. The highest BCUT2D eigenvalue weighted by Gasteiger charge is 2.21. The van der Waals surface area contributed by atoms with Gasteiger partial charge < -0.3 is 4.57 Å². The van der Waals surface area contributed by atoms with Gasteiger partial charge in [0.25, 0.3) is 5.56 Å². The second-order valence-electron chi connectivity index (χ2n) is 5.22. The van der Waals surface area contributed by atoms with Crippen molar-refractivity contribution in [1.82, 2.24) is 9.55 Å². The molecule has 0 saturated carbocycles. The fraction of sp³-hybridized carbons (Fsp3) is 0.176. The van der Waals surface area contributed by atoms with Crippen molar-refractivity contribution in [3.8, 4) is 11.4 Å². The Labute approximate surface area is 116 Å². The molecule has 3 heteroatoms. The molecule has 0 aliphatic carbocycles. The molecule has 98 valence electrons. The van der Waals surface area contributed by atoms with Gasteiger partial charge >= 0.3 is 0 Å². The van der Waals surface area contributed by atoms with Crippen molar-refractivity contribution >= 4 is 10.9 Å². The number of nitrogens with zero attached hydrogens (tertiary/aromatic N) is 2. The van der Waals surface area contributed by atoms with Gasteiger partial charge in [0.05, 0.1) is 23.4 Å². The fourth-order valence-corrected chi connectivity index (χ4v) is 2.89. The van der Waals surface area contributed by atoms with Crippen LogP contribution < -0.4 is 5.56 Å². The Morgan fingerprint density at radius 2 is 2.05 bits per heavy atom. The van der Waals surface area contributed by atoms with Gasteiger partial charge in [0, 0.05) is 17.0 Å². The minimum atomic E-state index is 0.0707. The van der Waals surface area contributed by atoms with Gasteiger partial charge in [0.1, 0.15) is 0 Å². The summed E-state index contributed by atoms with van der Waals surface area (Å²) in [5.74, 6) is 0. The average Bonchev–Trinajstić information content (AvgIpc) is 2.83. The number of benzene rings is 1. The molecule has 0 radical (unpaired) electrons. The van der Waals surface area contributed by atoms with Gasteiger partial charge in [-0.2, -0.15) is 0 Å². The van der Waals surface area contributed by atoms with Crippen molar-refractivity contribution in [3.63, 3.8) is 0 Å². The van der Waals surface area contributed by atoms with E-state index in [1.165, 1.54) is 0 Å². The van der Waals surface area contributed by atoms with Gasteiger partial charge in [-0.3, -0.25) is 4.79 Å². The molecule has 0 amide bonds. The molecule has 1 aliphatic rings. The van der Waals surface area contributed by atoms with E-state index in [9.17, 15) is 4.79 Å². The van der Waals surface area contributed by atoms with Crippen molar-refractivity contribution in [2.45, 2.75) is 19.9 Å². The van der Waals surface area contributed by atoms with E-state index in [0.29, 0.717) is 6.54 Å². The summed E-state index contributed by atoms with van der Waals surface area (Å²) in [4.78, 5) is 16.9. The molecule has 3 heterocycles. The van der Waals surface area contributed by atoms with E-state index in [1.54, 1.807) is 6.07 Å². The highest BCUT2D eigenvalue weighted by atomic mass is 16.1. The van der Waals surface area contributed by atoms with E-state index in [2.05, 4.69) is 25.1 Å². The number of hydrogen-bond acceptors (Lipinski definition) is 2. The molecule has 4 rings (SSSR count). The minimum Gasteiger partial charge on any atom is -0.302 e. The second kappa shape index (κ2) is 4.04. The summed E-state index contributed by atoms with van der Waals surface area (Å²) < 4.78 is 1.82. The topological polar surface area (TPSA) is 34.9 Å². The summed E-state index contributed by atoms with van der Waals surface area (Å²) in [6, 6.07) is 14.1. The molecule has 0 N–H and O–H groups in total. The molecule has 20 heavy (non-hydrogen) atoms. The Bertz CT molecular complexity index is 893. The lowest BCUT2D eigenvalue weighted by Crippen LogP contribution is -2.18. The van der Waals surface area contributed by atoms with E-state index in [4.69, 9.17) is 4.98 Å². The van der Waals surface area contributed by atoms with Gasteiger partial charge in [-0.05, 0) is 30.2 Å². The van der Waals surface area contributed by atoms with Crippen LogP contribution >= 0.6 is 0 Å². The summed E-state index contributed by atoms with van der Waals surface area (Å²) in [6.07, 6.45) is 0.867. The third-order valence-electron chi connectivity index (χ3n) is 3.97. The SMILES string of the molecule is CCc1cc2n(c(=O)c1)Cc1cc3ccccc3nc1-2. The summed E-state index contributed by atoms with van der Waals surface area (Å²) in [6.45, 7) is 2.70. The predicted octanol–water partition coefficient (Wildman–Crippen LogP) is 2.99. The molecular formula is C17H14N2O. The van der Waals surface area contributed by atoms with Crippen LogP contribution in [-0.4, -0.2) is 9.55 Å². The molecule has 0 bridgehead atoms. The number of aromatic nitrogens is 2. The van der Waals surface area contributed by atoms with E-state index in [-0.39, 0.29) is 5.56 Å². The van der Waals surface area contributed by atoms with Crippen molar-refractivity contribution in [2.75, 3.05) is 0 Å². The van der Waals surface area contributed by atoms with Gasteiger partial charge in [-0.15, -0.1) is 0 Å². The van der Waals surface area contributed by atoms with Crippen LogP contribution in [0.2, 0.25) is 0 Å². The zero-order valence-corrected chi connectivity index (χ0v) is 11.3. The van der Waals surface area contributed by atoms with Gasteiger partial charge in [-0.25, -0.2) is 4.98 Å². The summed E-state index contributed by atoms with van der Waals surface area (Å²) in [7, 11) is 0. The molecule has 3 nitrogen and oxygen atoms in total. The first-order valence-electron chi connectivity index (χ1n) is 6.89. The van der Waals surface area contributed by atoms with E-state index < -0.39 is 0 Å². The standard InChI is InChI=1S/C17H14N2O/c1-2-11-7-15-17-13(10-19(15)16(20)8-11)9-12-5-3-4-6-14(12)18-17/h3-9H,2,10H2,1H3. The second-order valence-corrected chi connectivity index (χ2v) is 5.22. The van der Waals surface area contributed by atoms with Crippen LogP contribution in [0.15, 0.2) is 47.3 Å². The first kappa shape index (κ1) is 11.4. The molecule has 0 atom stereocenters. The predicted molar refractivity (Wildman–Crippen MR) is 79.9 cm³/mol. The first-order chi connectivity index (χ1) is 9.76. The van der Waals surface area contributed by atoms with Crippen molar-refractivity contribution in [2.24, 2.45) is 0 Å². The van der Waals surface area contributed by atoms with Crippen molar-refractivity contribution < 1.29 is 0 Å². The van der Waals surface area contributed by atoms with Gasteiger partial charge in [-0.1, -0.05) is 25.1 Å². The minimum absolute atomic E-state index is 0.0707. The Kier molecular flexibility index (Phi) is 2.30. The number of aryl methyl sites for hydroxylation is 1. The van der Waals surface area contributed by atoms with E-state index >= 15 is 0 Å². The molecule has 2 aromatic heterocycles. The zero-order chi connectivity index (χ0) is 13.7. The Morgan fingerprint density at radius 1 is 1.20 bits per heavy atom. The monoisotopic (exact) mass is 262 g/mol. The van der Waals surface area contributed by atoms with E-state index in [1.807, 2.05) is 22.8 Å². The van der Waals surface area contributed by atoms with Crippen molar-refractivity contribution in [3.05, 3.63) is 63.9 Å². The van der Waals surface area contributed by atoms with Crippen LogP contribution in [0.1, 0.15) is 18.1 Å². The molecule has 1 aliphatic heterocycles. The lowest BCUT2D eigenvalue weighted by molar-refractivity contribution is 0.798. The molecule has 3 aromatic rings. The highest BCUT2D eigenvalue weighted by Crippen LogP contribution is 2.31. The van der Waals surface area contributed by atoms with Crippen molar-refractivity contribution in [1.29, 1.82) is 0 Å². The first-order valence-corrected chi connectivity index (χ1v) is 6.89. The van der Waals surface area contributed by atoms with Crippen LogP contribution in [0, 0.1) is 0 Å². The van der Waals surface area contributed by atoms with Crippen LogP contribution in [-0.2, 0) is 13.0 Å². The summed E-state index contributed by atoms with van der Waals surface area (Å²) in [5, 5.41) is 1.13. The fourth-order valence-electron chi connectivity index (χ4n) is 2.89. The Balaban J connectivity index is 2.04. The molecule has 0 unspecified atom stereocenters. The number of rotatable bonds is 1.